The van der Waals surface area contributed by atoms with Gasteiger partial charge in [0, 0.05) is 30.5 Å². The van der Waals surface area contributed by atoms with Crippen LogP contribution in [-0.4, -0.2) is 22.6 Å². The highest BCUT2D eigenvalue weighted by molar-refractivity contribution is 6.17. The van der Waals surface area contributed by atoms with Crippen LogP contribution >= 0.6 is 11.6 Å². The molecule has 0 aromatic carbocycles. The van der Waals surface area contributed by atoms with Crippen molar-refractivity contribution in [3.05, 3.63) is 18.0 Å². The van der Waals surface area contributed by atoms with Gasteiger partial charge in [-0.05, 0) is 19.8 Å². The number of hydrogen-bond donors (Lipinski definition) is 0. The lowest BCUT2D eigenvalue weighted by atomic mass is 10.4. The van der Waals surface area contributed by atoms with Crippen LogP contribution in [-0.2, 0) is 5.88 Å². The quantitative estimate of drug-likeness (QED) is 0.716. The first-order chi connectivity index (χ1) is 6.85. The number of alkyl halides is 1. The molecule has 1 fully saturated rings. The summed E-state index contributed by atoms with van der Waals surface area (Å²) in [5.41, 5.74) is 0.974. The van der Waals surface area contributed by atoms with E-state index in [1.54, 1.807) is 12.4 Å². The number of anilines is 1. The SMILES string of the molecule is CCN(c1ncc(CCl)cn1)C1CC1. The molecule has 4 heteroatoms. The molecule has 3 nitrogen and oxygen atoms in total. The van der Waals surface area contributed by atoms with Crippen LogP contribution in [0, 0.1) is 0 Å². The summed E-state index contributed by atoms with van der Waals surface area (Å²) in [4.78, 5) is 10.9. The van der Waals surface area contributed by atoms with Crippen molar-refractivity contribution in [3.8, 4) is 0 Å². The van der Waals surface area contributed by atoms with Crippen molar-refractivity contribution in [1.82, 2.24) is 9.97 Å². The van der Waals surface area contributed by atoms with Crippen LogP contribution in [0.15, 0.2) is 12.4 Å². The molecule has 1 aromatic heterocycles. The molecule has 1 heterocycles. The lowest BCUT2D eigenvalue weighted by molar-refractivity contribution is 0.784. The van der Waals surface area contributed by atoms with Crippen molar-refractivity contribution in [2.45, 2.75) is 31.7 Å². The van der Waals surface area contributed by atoms with Gasteiger partial charge in [-0.15, -0.1) is 11.6 Å². The normalized spacial score (nSPS) is 15.6. The topological polar surface area (TPSA) is 29.0 Å². The molecule has 1 aliphatic carbocycles. The molecule has 0 unspecified atom stereocenters. The number of halogens is 1. The Morgan fingerprint density at radius 3 is 2.50 bits per heavy atom. The Morgan fingerprint density at radius 1 is 1.43 bits per heavy atom. The molecule has 0 N–H and O–H groups in total. The molecule has 0 amide bonds. The first kappa shape index (κ1) is 9.71. The van der Waals surface area contributed by atoms with Crippen molar-refractivity contribution in [3.63, 3.8) is 0 Å². The highest BCUT2D eigenvalue weighted by Crippen LogP contribution is 2.29. The summed E-state index contributed by atoms with van der Waals surface area (Å²) in [6, 6.07) is 0.668. The summed E-state index contributed by atoms with van der Waals surface area (Å²) >= 11 is 5.67. The van der Waals surface area contributed by atoms with Crippen molar-refractivity contribution in [1.29, 1.82) is 0 Å². The van der Waals surface area contributed by atoms with E-state index in [4.69, 9.17) is 11.6 Å². The average Bonchev–Trinajstić information content (AvgIpc) is 3.04. The first-order valence-electron chi connectivity index (χ1n) is 4.98. The van der Waals surface area contributed by atoms with Crippen molar-refractivity contribution < 1.29 is 0 Å². The monoisotopic (exact) mass is 211 g/mol. The summed E-state index contributed by atoms with van der Waals surface area (Å²) < 4.78 is 0. The van der Waals surface area contributed by atoms with Gasteiger partial charge in [0.1, 0.15) is 0 Å². The summed E-state index contributed by atoms with van der Waals surface area (Å²) in [6.07, 6.45) is 6.16. The molecule has 0 atom stereocenters. The highest BCUT2D eigenvalue weighted by Gasteiger charge is 2.29. The molecule has 1 saturated carbocycles. The predicted molar refractivity (Wildman–Crippen MR) is 57.6 cm³/mol. The van der Waals surface area contributed by atoms with E-state index in [9.17, 15) is 0 Å². The zero-order chi connectivity index (χ0) is 9.97. The molecule has 0 saturated heterocycles. The van der Waals surface area contributed by atoms with Gasteiger partial charge in [-0.2, -0.15) is 0 Å². The number of hydrogen-bond acceptors (Lipinski definition) is 3. The van der Waals surface area contributed by atoms with Gasteiger partial charge in [0.05, 0.1) is 5.88 Å². The molecule has 2 rings (SSSR count). The predicted octanol–water partition coefficient (Wildman–Crippen LogP) is 2.20. The summed E-state index contributed by atoms with van der Waals surface area (Å²) in [7, 11) is 0. The summed E-state index contributed by atoms with van der Waals surface area (Å²) in [5.74, 6) is 1.32. The van der Waals surface area contributed by atoms with Gasteiger partial charge in [-0.3, -0.25) is 0 Å². The van der Waals surface area contributed by atoms with Gasteiger partial charge in [0.15, 0.2) is 0 Å². The molecule has 0 bridgehead atoms. The van der Waals surface area contributed by atoms with Crippen molar-refractivity contribution in [2.24, 2.45) is 0 Å². The lowest BCUT2D eigenvalue weighted by Gasteiger charge is -2.19. The van der Waals surface area contributed by atoms with Crippen molar-refractivity contribution in [2.75, 3.05) is 11.4 Å². The largest absolute Gasteiger partial charge is 0.338 e. The van der Waals surface area contributed by atoms with Gasteiger partial charge in [0.2, 0.25) is 5.95 Å². The number of aromatic nitrogens is 2. The fraction of sp³-hybridized carbons (Fsp3) is 0.600. The maximum Gasteiger partial charge on any atom is 0.225 e. The Labute approximate surface area is 89.1 Å². The van der Waals surface area contributed by atoms with E-state index in [2.05, 4.69) is 21.8 Å². The summed E-state index contributed by atoms with van der Waals surface area (Å²) in [6.45, 7) is 3.11. The molecular formula is C10H14ClN3. The smallest absolute Gasteiger partial charge is 0.225 e. The minimum Gasteiger partial charge on any atom is -0.338 e. The van der Waals surface area contributed by atoms with Gasteiger partial charge in [-0.1, -0.05) is 0 Å². The Bertz CT molecular complexity index is 295. The molecule has 14 heavy (non-hydrogen) atoms. The Kier molecular flexibility index (Phi) is 2.87. The third-order valence-corrected chi connectivity index (χ3v) is 2.74. The van der Waals surface area contributed by atoms with E-state index in [1.165, 1.54) is 12.8 Å². The zero-order valence-corrected chi connectivity index (χ0v) is 9.04. The molecule has 0 spiro atoms. The number of nitrogens with zero attached hydrogens (tertiary/aromatic N) is 3. The van der Waals surface area contributed by atoms with E-state index >= 15 is 0 Å². The van der Waals surface area contributed by atoms with Crippen LogP contribution < -0.4 is 4.90 Å². The van der Waals surface area contributed by atoms with E-state index < -0.39 is 0 Å². The van der Waals surface area contributed by atoms with Crippen LogP contribution in [0.2, 0.25) is 0 Å². The second kappa shape index (κ2) is 4.13. The molecule has 0 aliphatic heterocycles. The average molecular weight is 212 g/mol. The fourth-order valence-electron chi connectivity index (χ4n) is 1.51. The second-order valence-corrected chi connectivity index (χ2v) is 3.81. The maximum atomic E-state index is 5.67. The van der Waals surface area contributed by atoms with Crippen LogP contribution in [0.1, 0.15) is 25.3 Å². The van der Waals surface area contributed by atoms with E-state index in [0.717, 1.165) is 18.1 Å². The third kappa shape index (κ3) is 1.98. The van der Waals surface area contributed by atoms with E-state index in [1.807, 2.05) is 0 Å². The molecule has 0 radical (unpaired) electrons. The van der Waals surface area contributed by atoms with Gasteiger partial charge in [-0.25, -0.2) is 9.97 Å². The number of rotatable bonds is 4. The van der Waals surface area contributed by atoms with Gasteiger partial charge < -0.3 is 4.90 Å². The zero-order valence-electron chi connectivity index (χ0n) is 8.28. The van der Waals surface area contributed by atoms with Crippen molar-refractivity contribution >= 4 is 17.5 Å². The van der Waals surface area contributed by atoms with E-state index in [0.29, 0.717) is 11.9 Å². The fourth-order valence-corrected chi connectivity index (χ4v) is 1.65. The van der Waals surface area contributed by atoms with Crippen LogP contribution in [0.25, 0.3) is 0 Å². The van der Waals surface area contributed by atoms with E-state index in [-0.39, 0.29) is 0 Å². The molecular weight excluding hydrogens is 198 g/mol. The molecule has 1 aromatic rings. The second-order valence-electron chi connectivity index (χ2n) is 3.54. The Balaban J connectivity index is 2.13. The minimum absolute atomic E-state index is 0.482. The lowest BCUT2D eigenvalue weighted by Crippen LogP contribution is -2.26. The molecule has 76 valence electrons. The maximum absolute atomic E-state index is 5.67. The minimum atomic E-state index is 0.482. The molecule has 1 aliphatic rings. The van der Waals surface area contributed by atoms with Gasteiger partial charge in [0.25, 0.3) is 0 Å². The highest BCUT2D eigenvalue weighted by atomic mass is 35.5. The summed E-state index contributed by atoms with van der Waals surface area (Å²) in [5, 5.41) is 0. The third-order valence-electron chi connectivity index (χ3n) is 2.43. The van der Waals surface area contributed by atoms with Crippen LogP contribution in [0.4, 0.5) is 5.95 Å². The Morgan fingerprint density at radius 2 is 2.07 bits per heavy atom. The van der Waals surface area contributed by atoms with Gasteiger partial charge >= 0.3 is 0 Å². The Hall–Kier alpha value is -0.830. The van der Waals surface area contributed by atoms with Crippen LogP contribution in [0.5, 0.6) is 0 Å². The standard InChI is InChI=1S/C10H14ClN3/c1-2-14(9-3-4-9)10-12-6-8(5-11)7-13-10/h6-7,9H,2-5H2,1H3. The van der Waals surface area contributed by atoms with Crippen LogP contribution in [0.3, 0.4) is 0 Å². The first-order valence-corrected chi connectivity index (χ1v) is 5.52.